The van der Waals surface area contributed by atoms with E-state index in [-0.39, 0.29) is 30.2 Å². The highest BCUT2D eigenvalue weighted by molar-refractivity contribution is 7.13. The van der Waals surface area contributed by atoms with Crippen molar-refractivity contribution < 1.29 is 14.3 Å². The Morgan fingerprint density at radius 3 is 3.16 bits per heavy atom. The van der Waals surface area contributed by atoms with Gasteiger partial charge in [0.05, 0.1) is 18.6 Å². The molecule has 2 rings (SSSR count). The molecule has 1 aromatic rings. The van der Waals surface area contributed by atoms with Crippen molar-refractivity contribution in [2.45, 2.75) is 19.4 Å². The predicted molar refractivity (Wildman–Crippen MR) is 71.9 cm³/mol. The fourth-order valence-electron chi connectivity index (χ4n) is 2.16. The number of hydrogen-bond acceptors (Lipinski definition) is 5. The maximum atomic E-state index is 12.0. The Hall–Kier alpha value is -1.47. The van der Waals surface area contributed by atoms with Gasteiger partial charge in [-0.1, -0.05) is 0 Å². The van der Waals surface area contributed by atoms with E-state index in [1.165, 1.54) is 11.3 Å². The highest BCUT2D eigenvalue weighted by Crippen LogP contribution is 2.22. The standard InChI is InChI=1S/C12H17N3O3S/c1-8(7-18-2)15-6-9(5-10(15)16)11(17)14-12-13-3-4-19-12/h3-4,8-9H,5-7H2,1-2H3,(H,13,14,17)/t8-,9+/m0/s1. The summed E-state index contributed by atoms with van der Waals surface area (Å²) in [5.41, 5.74) is 0. The van der Waals surface area contributed by atoms with E-state index in [9.17, 15) is 9.59 Å². The molecule has 0 saturated carbocycles. The third-order valence-corrected chi connectivity index (χ3v) is 3.82. The molecular formula is C12H17N3O3S. The van der Waals surface area contributed by atoms with Gasteiger partial charge in [0, 0.05) is 31.7 Å². The topological polar surface area (TPSA) is 71.5 Å². The molecule has 1 saturated heterocycles. The molecule has 6 nitrogen and oxygen atoms in total. The molecule has 0 spiro atoms. The number of carbonyl (C=O) groups excluding carboxylic acids is 2. The first-order valence-electron chi connectivity index (χ1n) is 6.10. The minimum atomic E-state index is -0.310. The van der Waals surface area contributed by atoms with Gasteiger partial charge >= 0.3 is 0 Å². The Morgan fingerprint density at radius 1 is 1.74 bits per heavy atom. The van der Waals surface area contributed by atoms with Crippen LogP contribution in [0.5, 0.6) is 0 Å². The number of amides is 2. The number of ether oxygens (including phenoxy) is 1. The number of likely N-dealkylation sites (tertiary alicyclic amines) is 1. The minimum Gasteiger partial charge on any atom is -0.383 e. The van der Waals surface area contributed by atoms with Crippen LogP contribution in [0.15, 0.2) is 11.6 Å². The molecule has 0 bridgehead atoms. The van der Waals surface area contributed by atoms with Gasteiger partial charge < -0.3 is 15.0 Å². The van der Waals surface area contributed by atoms with Crippen molar-refractivity contribution in [1.82, 2.24) is 9.88 Å². The zero-order valence-electron chi connectivity index (χ0n) is 11.0. The maximum absolute atomic E-state index is 12.0. The van der Waals surface area contributed by atoms with Crippen molar-refractivity contribution in [3.05, 3.63) is 11.6 Å². The fourth-order valence-corrected chi connectivity index (χ4v) is 2.69. The summed E-state index contributed by atoms with van der Waals surface area (Å²) in [6, 6.07) is -0.00448. The molecular weight excluding hydrogens is 266 g/mol. The number of hydrogen-bond donors (Lipinski definition) is 1. The van der Waals surface area contributed by atoms with Crippen LogP contribution < -0.4 is 5.32 Å². The van der Waals surface area contributed by atoms with Crippen LogP contribution in [0.1, 0.15) is 13.3 Å². The molecule has 0 radical (unpaired) electrons. The minimum absolute atomic E-state index is 0.00355. The zero-order chi connectivity index (χ0) is 13.8. The van der Waals surface area contributed by atoms with E-state index in [1.807, 2.05) is 6.92 Å². The third kappa shape index (κ3) is 3.30. The molecule has 7 heteroatoms. The van der Waals surface area contributed by atoms with E-state index in [0.717, 1.165) is 0 Å². The normalized spacial score (nSPS) is 20.6. The van der Waals surface area contributed by atoms with E-state index < -0.39 is 0 Å². The SMILES string of the molecule is COC[C@H](C)N1C[C@H](C(=O)Nc2nccs2)CC1=O. The van der Waals surface area contributed by atoms with Gasteiger partial charge in [0.1, 0.15) is 0 Å². The number of rotatable bonds is 5. The van der Waals surface area contributed by atoms with E-state index in [0.29, 0.717) is 18.3 Å². The number of aromatic nitrogens is 1. The van der Waals surface area contributed by atoms with Crippen molar-refractivity contribution in [3.63, 3.8) is 0 Å². The van der Waals surface area contributed by atoms with Gasteiger partial charge in [-0.15, -0.1) is 11.3 Å². The van der Waals surface area contributed by atoms with Crippen molar-refractivity contribution in [2.75, 3.05) is 25.6 Å². The van der Waals surface area contributed by atoms with Gasteiger partial charge in [-0.05, 0) is 6.92 Å². The Kier molecular flexibility index (Phi) is 4.49. The van der Waals surface area contributed by atoms with E-state index in [1.54, 1.807) is 23.6 Å². The highest BCUT2D eigenvalue weighted by atomic mass is 32.1. The number of thiazole rings is 1. The molecule has 2 atom stereocenters. The predicted octanol–water partition coefficient (Wildman–Crippen LogP) is 0.965. The first-order chi connectivity index (χ1) is 9.11. The van der Waals surface area contributed by atoms with Crippen molar-refractivity contribution in [3.8, 4) is 0 Å². The molecule has 2 amide bonds. The van der Waals surface area contributed by atoms with Crippen LogP contribution in [0.25, 0.3) is 0 Å². The summed E-state index contributed by atoms with van der Waals surface area (Å²) in [6.45, 7) is 2.84. The fraction of sp³-hybridized carbons (Fsp3) is 0.583. The summed E-state index contributed by atoms with van der Waals surface area (Å²) in [4.78, 5) is 29.6. The summed E-state index contributed by atoms with van der Waals surface area (Å²) < 4.78 is 5.04. The molecule has 1 aliphatic heterocycles. The lowest BCUT2D eigenvalue weighted by Gasteiger charge is -2.23. The van der Waals surface area contributed by atoms with Gasteiger partial charge in [-0.3, -0.25) is 9.59 Å². The monoisotopic (exact) mass is 283 g/mol. The number of nitrogens with one attached hydrogen (secondary N) is 1. The first-order valence-corrected chi connectivity index (χ1v) is 6.98. The van der Waals surface area contributed by atoms with E-state index >= 15 is 0 Å². The lowest BCUT2D eigenvalue weighted by Crippen LogP contribution is -2.38. The number of anilines is 1. The summed E-state index contributed by atoms with van der Waals surface area (Å²) in [5.74, 6) is -0.449. The second-order valence-corrected chi connectivity index (χ2v) is 5.47. The van der Waals surface area contributed by atoms with Crippen LogP contribution in [0.2, 0.25) is 0 Å². The quantitative estimate of drug-likeness (QED) is 0.874. The Balaban J connectivity index is 1.93. The van der Waals surface area contributed by atoms with Gasteiger partial charge in [0.2, 0.25) is 11.8 Å². The van der Waals surface area contributed by atoms with Gasteiger partial charge in [0.25, 0.3) is 0 Å². The van der Waals surface area contributed by atoms with Crippen LogP contribution >= 0.6 is 11.3 Å². The van der Waals surface area contributed by atoms with Gasteiger partial charge in [-0.2, -0.15) is 0 Å². The molecule has 1 aliphatic rings. The average Bonchev–Trinajstić information content (AvgIpc) is 2.98. The lowest BCUT2D eigenvalue weighted by molar-refractivity contribution is -0.130. The van der Waals surface area contributed by atoms with Crippen LogP contribution in [0, 0.1) is 5.92 Å². The number of carbonyl (C=O) groups is 2. The van der Waals surface area contributed by atoms with Crippen LogP contribution in [-0.4, -0.2) is 48.0 Å². The molecule has 1 aromatic heterocycles. The van der Waals surface area contributed by atoms with E-state index in [4.69, 9.17) is 4.74 Å². The Labute approximate surface area is 115 Å². The van der Waals surface area contributed by atoms with Crippen LogP contribution in [-0.2, 0) is 14.3 Å². The zero-order valence-corrected chi connectivity index (χ0v) is 11.8. The van der Waals surface area contributed by atoms with E-state index in [2.05, 4.69) is 10.3 Å². The Morgan fingerprint density at radius 2 is 2.53 bits per heavy atom. The summed E-state index contributed by atoms with van der Waals surface area (Å²) >= 11 is 1.36. The van der Waals surface area contributed by atoms with Gasteiger partial charge in [0.15, 0.2) is 5.13 Å². The second kappa shape index (κ2) is 6.12. The largest absolute Gasteiger partial charge is 0.383 e. The molecule has 0 unspecified atom stereocenters. The number of nitrogens with zero attached hydrogens (tertiary/aromatic N) is 2. The number of methoxy groups -OCH3 is 1. The van der Waals surface area contributed by atoms with Crippen LogP contribution in [0.4, 0.5) is 5.13 Å². The van der Waals surface area contributed by atoms with Crippen LogP contribution in [0.3, 0.4) is 0 Å². The van der Waals surface area contributed by atoms with Gasteiger partial charge in [-0.25, -0.2) is 4.98 Å². The Bertz CT molecular complexity index is 449. The summed E-state index contributed by atoms with van der Waals surface area (Å²) in [5, 5.41) is 5.10. The van der Waals surface area contributed by atoms with Crippen molar-refractivity contribution in [1.29, 1.82) is 0 Å². The highest BCUT2D eigenvalue weighted by Gasteiger charge is 2.36. The molecule has 0 aliphatic carbocycles. The van der Waals surface area contributed by atoms with Crippen molar-refractivity contribution in [2.24, 2.45) is 5.92 Å². The molecule has 1 N–H and O–H groups in total. The lowest BCUT2D eigenvalue weighted by atomic mass is 10.1. The first kappa shape index (κ1) is 14.0. The third-order valence-electron chi connectivity index (χ3n) is 3.13. The maximum Gasteiger partial charge on any atom is 0.231 e. The molecule has 19 heavy (non-hydrogen) atoms. The molecule has 2 heterocycles. The molecule has 104 valence electrons. The smallest absolute Gasteiger partial charge is 0.231 e. The average molecular weight is 283 g/mol. The summed E-state index contributed by atoms with van der Waals surface area (Å²) in [7, 11) is 1.60. The second-order valence-electron chi connectivity index (χ2n) is 4.58. The molecule has 1 fully saturated rings. The molecule has 0 aromatic carbocycles. The summed E-state index contributed by atoms with van der Waals surface area (Å²) in [6.07, 6.45) is 1.89. The van der Waals surface area contributed by atoms with Crippen molar-refractivity contribution >= 4 is 28.3 Å².